The molecule has 0 aliphatic heterocycles. The summed E-state index contributed by atoms with van der Waals surface area (Å²) in [6, 6.07) is 13.9. The Bertz CT molecular complexity index is 974. The third-order valence-electron chi connectivity index (χ3n) is 4.14. The van der Waals surface area contributed by atoms with Gasteiger partial charge in [0.2, 0.25) is 0 Å². The number of thiophene rings is 1. The van der Waals surface area contributed by atoms with Gasteiger partial charge in [-0.2, -0.15) is 0 Å². The zero-order chi connectivity index (χ0) is 20.1. The summed E-state index contributed by atoms with van der Waals surface area (Å²) in [5.74, 6) is 0.646. The van der Waals surface area contributed by atoms with Gasteiger partial charge in [-0.3, -0.25) is 9.59 Å². The van der Waals surface area contributed by atoms with Gasteiger partial charge in [-0.25, -0.2) is 0 Å². The zero-order valence-electron chi connectivity index (χ0n) is 15.7. The van der Waals surface area contributed by atoms with Crippen LogP contribution in [0.5, 0.6) is 11.5 Å². The smallest absolute Gasteiger partial charge is 0.265 e. The van der Waals surface area contributed by atoms with E-state index in [1.165, 1.54) is 11.3 Å². The van der Waals surface area contributed by atoms with Crippen LogP contribution in [0, 0.1) is 6.92 Å². The van der Waals surface area contributed by atoms with Crippen LogP contribution in [0.2, 0.25) is 0 Å². The van der Waals surface area contributed by atoms with Crippen molar-refractivity contribution < 1.29 is 19.1 Å². The lowest BCUT2D eigenvalue weighted by molar-refractivity contribution is 0.102. The summed E-state index contributed by atoms with van der Waals surface area (Å²) in [6.07, 6.45) is 0. The molecule has 2 N–H and O–H groups in total. The lowest BCUT2D eigenvalue weighted by atomic mass is 10.1. The van der Waals surface area contributed by atoms with Crippen molar-refractivity contribution in [3.05, 3.63) is 69.9 Å². The first-order valence-corrected chi connectivity index (χ1v) is 9.38. The van der Waals surface area contributed by atoms with Crippen LogP contribution in [-0.2, 0) is 0 Å². The van der Waals surface area contributed by atoms with E-state index in [-0.39, 0.29) is 11.8 Å². The van der Waals surface area contributed by atoms with E-state index < -0.39 is 0 Å². The number of anilines is 2. The maximum atomic E-state index is 12.7. The van der Waals surface area contributed by atoms with Crippen molar-refractivity contribution in [3.63, 3.8) is 0 Å². The molecular weight excluding hydrogens is 376 g/mol. The normalized spacial score (nSPS) is 10.2. The highest BCUT2D eigenvalue weighted by Crippen LogP contribution is 2.30. The minimum absolute atomic E-state index is 0.188. The molecule has 28 heavy (non-hydrogen) atoms. The molecule has 7 heteroatoms. The highest BCUT2D eigenvalue weighted by molar-refractivity contribution is 7.12. The molecule has 2 amide bonds. The molecule has 0 bridgehead atoms. The van der Waals surface area contributed by atoms with Crippen LogP contribution >= 0.6 is 11.3 Å². The molecule has 0 unspecified atom stereocenters. The van der Waals surface area contributed by atoms with E-state index >= 15 is 0 Å². The summed E-state index contributed by atoms with van der Waals surface area (Å²) < 4.78 is 10.6. The Morgan fingerprint density at radius 3 is 2.00 bits per heavy atom. The van der Waals surface area contributed by atoms with Gasteiger partial charge in [0.1, 0.15) is 11.5 Å². The van der Waals surface area contributed by atoms with E-state index in [1.54, 1.807) is 56.7 Å². The molecule has 0 spiro atoms. The molecule has 0 atom stereocenters. The van der Waals surface area contributed by atoms with Gasteiger partial charge in [-0.05, 0) is 48.7 Å². The van der Waals surface area contributed by atoms with E-state index in [0.717, 1.165) is 5.56 Å². The Morgan fingerprint density at radius 1 is 0.857 bits per heavy atom. The van der Waals surface area contributed by atoms with Crippen LogP contribution < -0.4 is 20.1 Å². The second kappa shape index (κ2) is 8.58. The molecule has 3 rings (SSSR count). The number of methoxy groups -OCH3 is 2. The van der Waals surface area contributed by atoms with Crippen LogP contribution in [0.15, 0.2) is 53.9 Å². The number of hydrogen-bond acceptors (Lipinski definition) is 5. The first-order valence-electron chi connectivity index (χ1n) is 8.50. The zero-order valence-corrected chi connectivity index (χ0v) is 16.6. The topological polar surface area (TPSA) is 76.7 Å². The Kier molecular flexibility index (Phi) is 5.96. The standard InChI is InChI=1S/C21H20N2O4S/c1-13-17(26-2)10-14(11-18(13)27-3)20(24)22-15-6-4-7-16(12-15)23-21(25)19-8-5-9-28-19/h4-12H,1-3H3,(H,22,24)(H,23,25). The van der Waals surface area contributed by atoms with Gasteiger partial charge >= 0.3 is 0 Å². The maximum Gasteiger partial charge on any atom is 0.265 e. The maximum absolute atomic E-state index is 12.7. The minimum atomic E-state index is -0.307. The SMILES string of the molecule is COc1cc(C(=O)Nc2cccc(NC(=O)c3cccs3)c2)cc(OC)c1C. The lowest BCUT2D eigenvalue weighted by Crippen LogP contribution is -2.14. The molecular formula is C21H20N2O4S. The van der Waals surface area contributed by atoms with Gasteiger partial charge in [0, 0.05) is 22.5 Å². The highest BCUT2D eigenvalue weighted by Gasteiger charge is 2.14. The number of hydrogen-bond donors (Lipinski definition) is 2. The Balaban J connectivity index is 1.77. The molecule has 2 aromatic carbocycles. The molecule has 6 nitrogen and oxygen atoms in total. The van der Waals surface area contributed by atoms with Crippen molar-refractivity contribution in [2.75, 3.05) is 24.9 Å². The Morgan fingerprint density at radius 2 is 1.46 bits per heavy atom. The predicted molar refractivity (Wildman–Crippen MR) is 111 cm³/mol. The van der Waals surface area contributed by atoms with Crippen molar-refractivity contribution in [3.8, 4) is 11.5 Å². The van der Waals surface area contributed by atoms with Gasteiger partial charge in [-0.1, -0.05) is 12.1 Å². The van der Waals surface area contributed by atoms with E-state index in [4.69, 9.17) is 9.47 Å². The van der Waals surface area contributed by atoms with Crippen molar-refractivity contribution in [1.82, 2.24) is 0 Å². The van der Waals surface area contributed by atoms with Crippen LogP contribution in [0.3, 0.4) is 0 Å². The fourth-order valence-corrected chi connectivity index (χ4v) is 3.31. The minimum Gasteiger partial charge on any atom is -0.496 e. The molecule has 0 saturated carbocycles. The number of nitrogens with one attached hydrogen (secondary N) is 2. The third-order valence-corrected chi connectivity index (χ3v) is 5.01. The molecule has 0 saturated heterocycles. The molecule has 1 heterocycles. The van der Waals surface area contributed by atoms with Crippen molar-refractivity contribution in [2.45, 2.75) is 6.92 Å². The van der Waals surface area contributed by atoms with E-state index in [9.17, 15) is 9.59 Å². The molecule has 0 aliphatic carbocycles. The molecule has 3 aromatic rings. The fourth-order valence-electron chi connectivity index (χ4n) is 2.70. The average molecular weight is 396 g/mol. The van der Waals surface area contributed by atoms with Crippen molar-refractivity contribution >= 4 is 34.5 Å². The summed E-state index contributed by atoms with van der Waals surface area (Å²) >= 11 is 1.36. The third kappa shape index (κ3) is 4.32. The van der Waals surface area contributed by atoms with Crippen LogP contribution in [0.1, 0.15) is 25.6 Å². The number of ether oxygens (including phenoxy) is 2. The fraction of sp³-hybridized carbons (Fsp3) is 0.143. The largest absolute Gasteiger partial charge is 0.496 e. The number of carbonyl (C=O) groups excluding carboxylic acids is 2. The lowest BCUT2D eigenvalue weighted by Gasteiger charge is -2.13. The van der Waals surface area contributed by atoms with Crippen LogP contribution in [0.4, 0.5) is 11.4 Å². The highest BCUT2D eigenvalue weighted by atomic mass is 32.1. The Labute approximate surface area is 167 Å². The summed E-state index contributed by atoms with van der Waals surface area (Å²) in [6.45, 7) is 1.86. The molecule has 0 aliphatic rings. The number of amides is 2. The van der Waals surface area contributed by atoms with Gasteiger partial charge in [-0.15, -0.1) is 11.3 Å². The first kappa shape index (κ1) is 19.4. The molecule has 1 aromatic heterocycles. The second-order valence-electron chi connectivity index (χ2n) is 5.97. The Hall–Kier alpha value is -3.32. The molecule has 144 valence electrons. The van der Waals surface area contributed by atoms with Crippen LogP contribution in [-0.4, -0.2) is 26.0 Å². The number of rotatable bonds is 6. The molecule has 0 radical (unpaired) electrons. The van der Waals surface area contributed by atoms with Gasteiger partial charge in [0.15, 0.2) is 0 Å². The second-order valence-corrected chi connectivity index (χ2v) is 6.92. The van der Waals surface area contributed by atoms with E-state index in [0.29, 0.717) is 33.3 Å². The summed E-state index contributed by atoms with van der Waals surface area (Å²) in [5.41, 5.74) is 2.38. The summed E-state index contributed by atoms with van der Waals surface area (Å²) in [7, 11) is 3.09. The van der Waals surface area contributed by atoms with E-state index in [2.05, 4.69) is 10.6 Å². The predicted octanol–water partition coefficient (Wildman–Crippen LogP) is 4.58. The van der Waals surface area contributed by atoms with Crippen molar-refractivity contribution in [2.24, 2.45) is 0 Å². The van der Waals surface area contributed by atoms with Crippen molar-refractivity contribution in [1.29, 1.82) is 0 Å². The van der Waals surface area contributed by atoms with Gasteiger partial charge in [0.25, 0.3) is 11.8 Å². The average Bonchev–Trinajstić information content (AvgIpc) is 3.23. The van der Waals surface area contributed by atoms with Crippen LogP contribution in [0.25, 0.3) is 0 Å². The molecule has 0 fully saturated rings. The monoisotopic (exact) mass is 396 g/mol. The quantitative estimate of drug-likeness (QED) is 0.639. The van der Waals surface area contributed by atoms with Gasteiger partial charge < -0.3 is 20.1 Å². The summed E-state index contributed by atoms with van der Waals surface area (Å²) in [4.78, 5) is 25.5. The number of benzene rings is 2. The van der Waals surface area contributed by atoms with E-state index in [1.807, 2.05) is 18.4 Å². The first-order chi connectivity index (χ1) is 13.5. The van der Waals surface area contributed by atoms with Gasteiger partial charge in [0.05, 0.1) is 19.1 Å². The summed E-state index contributed by atoms with van der Waals surface area (Å²) in [5, 5.41) is 7.49. The number of carbonyl (C=O) groups is 2.